The first kappa shape index (κ1) is 22.2. The highest BCUT2D eigenvalue weighted by atomic mass is 16.5. The van der Waals surface area contributed by atoms with Crippen molar-refractivity contribution in [2.24, 2.45) is 0 Å². The standard InChI is InChI=1S/C27H29NO6/c1-31-22-6-4-5-7-23(22)34-11-10-28-9-8-16-13-21(30)27(33-3)26-18-15-24(32-2)20(29)14-17(18)12-19(28)25(16)26/h4-7,13-15,19,29-30H,8-12H2,1-3H3. The van der Waals surface area contributed by atoms with Crippen LogP contribution in [0, 0.1) is 0 Å². The molecule has 1 atom stereocenters. The molecule has 1 heterocycles. The number of ether oxygens (including phenoxy) is 4. The van der Waals surface area contributed by atoms with Gasteiger partial charge in [-0.3, -0.25) is 4.90 Å². The second-order valence-electron chi connectivity index (χ2n) is 8.56. The summed E-state index contributed by atoms with van der Waals surface area (Å²) in [6.45, 7) is 2.08. The van der Waals surface area contributed by atoms with Gasteiger partial charge >= 0.3 is 0 Å². The lowest BCUT2D eigenvalue weighted by Gasteiger charge is -2.42. The fourth-order valence-electron chi connectivity index (χ4n) is 5.28. The Bertz CT molecular complexity index is 1220. The summed E-state index contributed by atoms with van der Waals surface area (Å²) < 4.78 is 22.5. The summed E-state index contributed by atoms with van der Waals surface area (Å²) in [7, 11) is 4.74. The molecule has 7 heteroatoms. The third-order valence-corrected chi connectivity index (χ3v) is 6.82. The molecule has 0 fully saturated rings. The average molecular weight is 464 g/mol. The fourth-order valence-corrected chi connectivity index (χ4v) is 5.28. The smallest absolute Gasteiger partial charge is 0.168 e. The molecule has 2 aliphatic rings. The van der Waals surface area contributed by atoms with E-state index in [4.69, 9.17) is 18.9 Å². The van der Waals surface area contributed by atoms with Gasteiger partial charge in [0.25, 0.3) is 0 Å². The second kappa shape index (κ2) is 8.99. The van der Waals surface area contributed by atoms with E-state index in [9.17, 15) is 10.2 Å². The van der Waals surface area contributed by atoms with Crippen LogP contribution in [0.4, 0.5) is 0 Å². The maximum absolute atomic E-state index is 10.7. The average Bonchev–Trinajstić information content (AvgIpc) is 2.85. The van der Waals surface area contributed by atoms with E-state index in [0.29, 0.717) is 23.9 Å². The molecule has 2 N–H and O–H groups in total. The number of rotatable bonds is 7. The van der Waals surface area contributed by atoms with Crippen molar-refractivity contribution in [3.63, 3.8) is 0 Å². The summed E-state index contributed by atoms with van der Waals surface area (Å²) in [6.07, 6.45) is 1.55. The minimum absolute atomic E-state index is 0.0785. The molecule has 1 unspecified atom stereocenters. The van der Waals surface area contributed by atoms with Crippen LogP contribution in [0.3, 0.4) is 0 Å². The molecule has 5 rings (SSSR count). The largest absolute Gasteiger partial charge is 0.504 e. The molecule has 1 aliphatic heterocycles. The molecule has 0 amide bonds. The lowest BCUT2D eigenvalue weighted by molar-refractivity contribution is 0.146. The zero-order valence-electron chi connectivity index (χ0n) is 19.6. The lowest BCUT2D eigenvalue weighted by Crippen LogP contribution is -2.40. The van der Waals surface area contributed by atoms with Crippen LogP contribution in [-0.2, 0) is 12.8 Å². The summed E-state index contributed by atoms with van der Waals surface area (Å²) in [5.41, 5.74) is 5.07. The van der Waals surface area contributed by atoms with E-state index in [1.807, 2.05) is 36.4 Å². The van der Waals surface area contributed by atoms with Crippen LogP contribution in [-0.4, -0.2) is 56.1 Å². The summed E-state index contributed by atoms with van der Waals surface area (Å²) >= 11 is 0. The first-order chi connectivity index (χ1) is 16.5. The third kappa shape index (κ3) is 3.66. The minimum atomic E-state index is 0.0785. The van der Waals surface area contributed by atoms with Gasteiger partial charge in [0.15, 0.2) is 34.5 Å². The van der Waals surface area contributed by atoms with Crippen LogP contribution in [0.5, 0.6) is 34.5 Å². The normalized spacial score (nSPS) is 16.4. The second-order valence-corrected chi connectivity index (χ2v) is 8.56. The lowest BCUT2D eigenvalue weighted by atomic mass is 9.76. The van der Waals surface area contributed by atoms with Gasteiger partial charge in [0.2, 0.25) is 0 Å². The highest BCUT2D eigenvalue weighted by Gasteiger charge is 2.37. The number of fused-ring (bicyclic) bond motifs is 2. The van der Waals surface area contributed by atoms with Crippen molar-refractivity contribution in [1.29, 1.82) is 0 Å². The number of para-hydroxylation sites is 2. The molecule has 34 heavy (non-hydrogen) atoms. The molecule has 1 aliphatic carbocycles. The van der Waals surface area contributed by atoms with Crippen molar-refractivity contribution in [3.05, 3.63) is 59.2 Å². The van der Waals surface area contributed by atoms with Crippen LogP contribution in [0.25, 0.3) is 11.1 Å². The predicted octanol–water partition coefficient (Wildman–Crippen LogP) is 4.32. The molecule has 178 valence electrons. The van der Waals surface area contributed by atoms with Crippen LogP contribution in [0.2, 0.25) is 0 Å². The van der Waals surface area contributed by atoms with E-state index in [2.05, 4.69) is 4.90 Å². The van der Waals surface area contributed by atoms with Crippen molar-refractivity contribution in [2.45, 2.75) is 18.9 Å². The van der Waals surface area contributed by atoms with Crippen LogP contribution >= 0.6 is 0 Å². The van der Waals surface area contributed by atoms with Crippen LogP contribution in [0.15, 0.2) is 42.5 Å². The van der Waals surface area contributed by atoms with Gasteiger partial charge in [-0.25, -0.2) is 0 Å². The third-order valence-electron chi connectivity index (χ3n) is 6.82. The van der Waals surface area contributed by atoms with Crippen LogP contribution < -0.4 is 18.9 Å². The van der Waals surface area contributed by atoms with Gasteiger partial charge in [0.05, 0.1) is 21.3 Å². The molecular weight excluding hydrogens is 434 g/mol. The highest BCUT2D eigenvalue weighted by Crippen LogP contribution is 2.53. The maximum atomic E-state index is 10.7. The van der Waals surface area contributed by atoms with Gasteiger partial charge in [0, 0.05) is 24.7 Å². The summed E-state index contributed by atoms with van der Waals surface area (Å²) in [6, 6.07) is 13.1. The van der Waals surface area contributed by atoms with E-state index in [1.165, 1.54) is 12.7 Å². The van der Waals surface area contributed by atoms with Crippen LogP contribution in [0.1, 0.15) is 22.7 Å². The van der Waals surface area contributed by atoms with Crippen molar-refractivity contribution < 1.29 is 29.2 Å². The number of hydrogen-bond donors (Lipinski definition) is 2. The predicted molar refractivity (Wildman–Crippen MR) is 129 cm³/mol. The Morgan fingerprint density at radius 1 is 0.882 bits per heavy atom. The molecule has 0 aromatic heterocycles. The first-order valence-corrected chi connectivity index (χ1v) is 11.4. The van der Waals surface area contributed by atoms with Crippen molar-refractivity contribution in [1.82, 2.24) is 4.90 Å². The quantitative estimate of drug-likeness (QED) is 0.540. The zero-order valence-corrected chi connectivity index (χ0v) is 19.6. The fraction of sp³-hybridized carbons (Fsp3) is 0.333. The molecule has 0 saturated carbocycles. The number of aromatic hydroxyl groups is 2. The molecule has 0 spiro atoms. The summed E-state index contributed by atoms with van der Waals surface area (Å²) in [4.78, 5) is 2.40. The number of phenolic OH excluding ortho intramolecular Hbond substituents is 2. The number of hydrogen-bond acceptors (Lipinski definition) is 7. The van der Waals surface area contributed by atoms with Crippen molar-refractivity contribution in [3.8, 4) is 45.6 Å². The number of nitrogens with zero attached hydrogens (tertiary/aromatic N) is 1. The molecule has 7 nitrogen and oxygen atoms in total. The Morgan fingerprint density at radius 2 is 1.62 bits per heavy atom. The number of benzene rings is 3. The summed E-state index contributed by atoms with van der Waals surface area (Å²) in [5, 5.41) is 21.2. The Labute approximate surface area is 199 Å². The molecule has 3 aromatic rings. The van der Waals surface area contributed by atoms with E-state index < -0.39 is 0 Å². The molecule has 0 radical (unpaired) electrons. The Balaban J connectivity index is 1.50. The topological polar surface area (TPSA) is 80.6 Å². The van der Waals surface area contributed by atoms with E-state index in [1.54, 1.807) is 20.3 Å². The monoisotopic (exact) mass is 463 g/mol. The molecule has 0 saturated heterocycles. The first-order valence-electron chi connectivity index (χ1n) is 11.4. The van der Waals surface area contributed by atoms with E-state index >= 15 is 0 Å². The molecule has 0 bridgehead atoms. The van der Waals surface area contributed by atoms with Gasteiger partial charge in [-0.1, -0.05) is 12.1 Å². The number of phenols is 2. The van der Waals surface area contributed by atoms with Crippen molar-refractivity contribution >= 4 is 0 Å². The van der Waals surface area contributed by atoms with E-state index in [-0.39, 0.29) is 17.5 Å². The van der Waals surface area contributed by atoms with Gasteiger partial charge < -0.3 is 29.2 Å². The molecule has 3 aromatic carbocycles. The Hall–Kier alpha value is -3.58. The number of methoxy groups -OCH3 is 3. The van der Waals surface area contributed by atoms with Crippen molar-refractivity contribution in [2.75, 3.05) is 41.0 Å². The highest BCUT2D eigenvalue weighted by molar-refractivity contribution is 5.84. The van der Waals surface area contributed by atoms with Gasteiger partial charge in [-0.15, -0.1) is 0 Å². The molecular formula is C27H29NO6. The minimum Gasteiger partial charge on any atom is -0.504 e. The van der Waals surface area contributed by atoms with Gasteiger partial charge in [-0.2, -0.15) is 0 Å². The summed E-state index contributed by atoms with van der Waals surface area (Å²) in [5.74, 6) is 2.51. The van der Waals surface area contributed by atoms with Gasteiger partial charge in [0.1, 0.15) is 6.61 Å². The zero-order chi connectivity index (χ0) is 23.8. The maximum Gasteiger partial charge on any atom is 0.168 e. The van der Waals surface area contributed by atoms with E-state index in [0.717, 1.165) is 53.9 Å². The SMILES string of the molecule is COc1cc2c(cc1O)CC1c3c(cc(O)c(OC)c3-2)CCN1CCOc1ccccc1OC. The van der Waals surface area contributed by atoms with Gasteiger partial charge in [-0.05, 0) is 65.4 Å². The Morgan fingerprint density at radius 3 is 2.35 bits per heavy atom. The Kier molecular flexibility index (Phi) is 5.87.